The lowest BCUT2D eigenvalue weighted by Gasteiger charge is -2.31. The predicted octanol–water partition coefficient (Wildman–Crippen LogP) is 3.43. The van der Waals surface area contributed by atoms with Crippen molar-refractivity contribution in [2.45, 2.75) is 18.8 Å². The molecular weight excluding hydrogens is 364 g/mol. The Morgan fingerprint density at radius 3 is 2.48 bits per heavy atom. The van der Waals surface area contributed by atoms with Gasteiger partial charge < -0.3 is 14.5 Å². The van der Waals surface area contributed by atoms with Crippen molar-refractivity contribution >= 4 is 27.7 Å². The van der Waals surface area contributed by atoms with Gasteiger partial charge in [-0.25, -0.2) is 4.98 Å². The molecule has 0 bridgehead atoms. The molecule has 4 aromatic rings. The lowest BCUT2D eigenvalue weighted by Crippen LogP contribution is -2.38. The number of aryl methyl sites for hydroxylation is 1. The highest BCUT2D eigenvalue weighted by molar-refractivity contribution is 6.06. The summed E-state index contributed by atoms with van der Waals surface area (Å²) in [6, 6.07) is 15.4. The van der Waals surface area contributed by atoms with Crippen LogP contribution in [0.15, 0.2) is 59.5 Å². The Kier molecular flexibility index (Phi) is 4.19. The van der Waals surface area contributed by atoms with E-state index >= 15 is 0 Å². The van der Waals surface area contributed by atoms with Crippen LogP contribution in [0.25, 0.3) is 21.8 Å². The first-order valence-electron chi connectivity index (χ1n) is 9.94. The average Bonchev–Trinajstić information content (AvgIpc) is 3.20. The van der Waals surface area contributed by atoms with Gasteiger partial charge in [0.15, 0.2) is 0 Å². The second kappa shape index (κ2) is 6.88. The molecule has 0 spiro atoms. The van der Waals surface area contributed by atoms with Crippen LogP contribution < -0.4 is 5.56 Å². The number of aromatic nitrogens is 3. The van der Waals surface area contributed by atoms with E-state index in [0.29, 0.717) is 30.0 Å². The number of para-hydroxylation sites is 2. The van der Waals surface area contributed by atoms with Crippen molar-refractivity contribution in [3.05, 3.63) is 76.5 Å². The Labute approximate surface area is 167 Å². The van der Waals surface area contributed by atoms with Gasteiger partial charge in [0.1, 0.15) is 5.82 Å². The topological polar surface area (TPSA) is 71.0 Å². The van der Waals surface area contributed by atoms with Crippen LogP contribution in [0, 0.1) is 0 Å². The van der Waals surface area contributed by atoms with E-state index in [0.717, 1.165) is 35.1 Å². The molecule has 1 amide bonds. The van der Waals surface area contributed by atoms with E-state index in [4.69, 9.17) is 4.98 Å². The Morgan fingerprint density at radius 1 is 1.03 bits per heavy atom. The molecule has 2 aromatic heterocycles. The van der Waals surface area contributed by atoms with E-state index in [9.17, 15) is 9.59 Å². The van der Waals surface area contributed by atoms with Gasteiger partial charge in [-0.15, -0.1) is 0 Å². The number of carbonyl (C=O) groups excluding carboxylic acids is 1. The Morgan fingerprint density at radius 2 is 1.72 bits per heavy atom. The van der Waals surface area contributed by atoms with Crippen molar-refractivity contribution in [2.24, 2.45) is 7.05 Å². The summed E-state index contributed by atoms with van der Waals surface area (Å²) in [4.78, 5) is 35.7. The third-order valence-electron chi connectivity index (χ3n) is 5.90. The van der Waals surface area contributed by atoms with Crippen molar-refractivity contribution in [3.63, 3.8) is 0 Å². The number of rotatable bonds is 2. The number of fused-ring (bicyclic) bond motifs is 2. The minimum Gasteiger partial charge on any atom is -0.342 e. The second-order valence-corrected chi connectivity index (χ2v) is 7.71. The molecule has 1 aliphatic heterocycles. The molecule has 1 aliphatic rings. The molecule has 6 nitrogen and oxygen atoms in total. The highest BCUT2D eigenvalue weighted by atomic mass is 16.2. The maximum atomic E-state index is 13.2. The van der Waals surface area contributed by atoms with Crippen molar-refractivity contribution in [3.8, 4) is 0 Å². The first-order valence-corrected chi connectivity index (χ1v) is 9.94. The van der Waals surface area contributed by atoms with Gasteiger partial charge in [-0.2, -0.15) is 0 Å². The summed E-state index contributed by atoms with van der Waals surface area (Å²) in [5.74, 6) is 1.31. The molecule has 3 heterocycles. The van der Waals surface area contributed by atoms with Crippen LogP contribution in [0.1, 0.15) is 34.9 Å². The standard InChI is InChI=1S/C23H22N4O2/c1-26-14-18(16-6-2-3-7-17(16)22(26)28)23(29)27-12-10-15(11-13-27)21-24-19-8-4-5-9-20(19)25-21/h2-9,14-15H,10-13H2,1H3,(H,24,25). The Hall–Kier alpha value is -3.41. The summed E-state index contributed by atoms with van der Waals surface area (Å²) in [5.41, 5.74) is 2.54. The zero-order chi connectivity index (χ0) is 20.0. The van der Waals surface area contributed by atoms with Crippen molar-refractivity contribution < 1.29 is 4.79 Å². The first-order chi connectivity index (χ1) is 14.1. The number of benzene rings is 2. The van der Waals surface area contributed by atoms with Crippen LogP contribution >= 0.6 is 0 Å². The molecule has 0 atom stereocenters. The van der Waals surface area contributed by atoms with Crippen LogP contribution in [-0.2, 0) is 7.05 Å². The molecular formula is C23H22N4O2. The van der Waals surface area contributed by atoms with Crippen LogP contribution in [0.2, 0.25) is 0 Å². The molecule has 0 saturated carbocycles. The summed E-state index contributed by atoms with van der Waals surface area (Å²) in [5, 5.41) is 1.30. The fourth-order valence-corrected chi connectivity index (χ4v) is 4.28. The van der Waals surface area contributed by atoms with Crippen LogP contribution in [0.4, 0.5) is 0 Å². The second-order valence-electron chi connectivity index (χ2n) is 7.71. The van der Waals surface area contributed by atoms with Gasteiger partial charge in [0.25, 0.3) is 11.5 Å². The number of carbonyl (C=O) groups is 1. The molecule has 0 aliphatic carbocycles. The molecule has 1 N–H and O–H groups in total. The van der Waals surface area contributed by atoms with Gasteiger partial charge in [-0.1, -0.05) is 30.3 Å². The number of imidazole rings is 1. The SMILES string of the molecule is Cn1cc(C(=O)N2CCC(c3nc4ccccc4[nH]3)CC2)c2ccccc2c1=O. The lowest BCUT2D eigenvalue weighted by molar-refractivity contribution is 0.0712. The van der Waals surface area contributed by atoms with Gasteiger partial charge in [-0.05, 0) is 31.0 Å². The molecule has 146 valence electrons. The van der Waals surface area contributed by atoms with Gasteiger partial charge in [0, 0.05) is 43.0 Å². The number of hydrogen-bond acceptors (Lipinski definition) is 3. The fraction of sp³-hybridized carbons (Fsp3) is 0.261. The summed E-state index contributed by atoms with van der Waals surface area (Å²) in [6.45, 7) is 1.36. The number of aromatic amines is 1. The van der Waals surface area contributed by atoms with E-state index in [1.54, 1.807) is 19.3 Å². The fourth-order valence-electron chi connectivity index (χ4n) is 4.28. The molecule has 0 unspecified atom stereocenters. The van der Waals surface area contributed by atoms with Gasteiger partial charge in [0.05, 0.1) is 16.6 Å². The molecule has 29 heavy (non-hydrogen) atoms. The van der Waals surface area contributed by atoms with Gasteiger partial charge in [-0.3, -0.25) is 9.59 Å². The summed E-state index contributed by atoms with van der Waals surface area (Å²) in [7, 11) is 1.69. The number of nitrogens with zero attached hydrogens (tertiary/aromatic N) is 3. The third kappa shape index (κ3) is 3.01. The average molecular weight is 386 g/mol. The quantitative estimate of drug-likeness (QED) is 0.574. The number of hydrogen-bond donors (Lipinski definition) is 1. The van der Waals surface area contributed by atoms with Crippen LogP contribution in [0.5, 0.6) is 0 Å². The van der Waals surface area contributed by atoms with Gasteiger partial charge >= 0.3 is 0 Å². The Bertz CT molecular complexity index is 1250. The van der Waals surface area contributed by atoms with E-state index in [1.807, 2.05) is 47.4 Å². The molecule has 6 heteroatoms. The lowest BCUT2D eigenvalue weighted by atomic mass is 9.95. The van der Waals surface area contributed by atoms with Crippen LogP contribution in [-0.4, -0.2) is 38.4 Å². The maximum absolute atomic E-state index is 13.2. The molecule has 1 fully saturated rings. The maximum Gasteiger partial charge on any atom is 0.258 e. The first kappa shape index (κ1) is 17.7. The minimum absolute atomic E-state index is 0.0140. The van der Waals surface area contributed by atoms with E-state index in [2.05, 4.69) is 4.98 Å². The Balaban J connectivity index is 1.38. The van der Waals surface area contributed by atoms with Crippen molar-refractivity contribution in [1.29, 1.82) is 0 Å². The summed E-state index contributed by atoms with van der Waals surface area (Å²) in [6.07, 6.45) is 3.41. The summed E-state index contributed by atoms with van der Waals surface area (Å²) < 4.78 is 1.50. The number of likely N-dealkylation sites (tertiary alicyclic amines) is 1. The number of H-pyrrole nitrogens is 1. The number of pyridine rings is 1. The van der Waals surface area contributed by atoms with Gasteiger partial charge in [0.2, 0.25) is 0 Å². The number of amides is 1. The normalized spacial score (nSPS) is 15.3. The van der Waals surface area contributed by atoms with E-state index in [-0.39, 0.29) is 11.5 Å². The number of nitrogens with one attached hydrogen (secondary N) is 1. The monoisotopic (exact) mass is 386 g/mol. The minimum atomic E-state index is -0.0826. The zero-order valence-electron chi connectivity index (χ0n) is 16.3. The van der Waals surface area contributed by atoms with Crippen LogP contribution in [0.3, 0.4) is 0 Å². The zero-order valence-corrected chi connectivity index (χ0v) is 16.3. The molecule has 0 radical (unpaired) electrons. The largest absolute Gasteiger partial charge is 0.342 e. The molecule has 5 rings (SSSR count). The van der Waals surface area contributed by atoms with Crippen molar-refractivity contribution in [2.75, 3.05) is 13.1 Å². The highest BCUT2D eigenvalue weighted by Crippen LogP contribution is 2.29. The van der Waals surface area contributed by atoms with Crippen molar-refractivity contribution in [1.82, 2.24) is 19.4 Å². The van der Waals surface area contributed by atoms with E-state index in [1.165, 1.54) is 4.57 Å². The van der Waals surface area contributed by atoms with E-state index < -0.39 is 0 Å². The predicted molar refractivity (Wildman–Crippen MR) is 113 cm³/mol. The summed E-state index contributed by atoms with van der Waals surface area (Å²) >= 11 is 0. The number of piperidine rings is 1. The molecule has 1 saturated heterocycles. The third-order valence-corrected chi connectivity index (χ3v) is 5.90. The highest BCUT2D eigenvalue weighted by Gasteiger charge is 2.27. The smallest absolute Gasteiger partial charge is 0.258 e. The molecule has 2 aromatic carbocycles.